The predicted octanol–water partition coefficient (Wildman–Crippen LogP) is 3.05. The van der Waals surface area contributed by atoms with Gasteiger partial charge < -0.3 is 5.11 Å². The second kappa shape index (κ2) is 5.24. The van der Waals surface area contributed by atoms with E-state index in [2.05, 4.69) is 5.10 Å². The Morgan fingerprint density at radius 3 is 2.60 bits per heavy atom. The third-order valence-corrected chi connectivity index (χ3v) is 2.85. The van der Waals surface area contributed by atoms with Crippen molar-refractivity contribution in [3.8, 4) is 11.1 Å². The fourth-order valence-electron chi connectivity index (χ4n) is 1.95. The van der Waals surface area contributed by atoms with Crippen LogP contribution in [0.5, 0.6) is 0 Å². The van der Waals surface area contributed by atoms with Gasteiger partial charge in [-0.25, -0.2) is 4.39 Å². The van der Waals surface area contributed by atoms with Crippen molar-refractivity contribution >= 4 is 0 Å². The summed E-state index contributed by atoms with van der Waals surface area (Å²) in [5.74, 6) is -0.600. The Morgan fingerprint density at radius 2 is 2.00 bits per heavy atom. The number of aliphatic hydroxyl groups is 1. The molecule has 2 rings (SSSR count). The molecule has 3 nitrogen and oxygen atoms in total. The molecule has 0 saturated carbocycles. The summed E-state index contributed by atoms with van der Waals surface area (Å²) in [6, 6.07) is 2.65. The second-order valence-electron chi connectivity index (χ2n) is 4.46. The molecule has 0 atom stereocenters. The van der Waals surface area contributed by atoms with Gasteiger partial charge in [0.2, 0.25) is 0 Å². The predicted molar refractivity (Wildman–Crippen MR) is 64.3 cm³/mol. The monoisotopic (exact) mass is 288 g/mol. The van der Waals surface area contributed by atoms with Crippen molar-refractivity contribution in [3.05, 3.63) is 41.5 Å². The van der Waals surface area contributed by atoms with Gasteiger partial charge in [0.15, 0.2) is 0 Å². The van der Waals surface area contributed by atoms with E-state index in [-0.39, 0.29) is 5.56 Å². The maximum atomic E-state index is 13.6. The van der Waals surface area contributed by atoms with E-state index in [0.717, 1.165) is 4.68 Å². The molecule has 0 spiro atoms. The summed E-state index contributed by atoms with van der Waals surface area (Å²) in [6.07, 6.45) is -1.88. The molecule has 2 aromatic rings. The normalized spacial score (nSPS) is 11.9. The van der Waals surface area contributed by atoms with Crippen molar-refractivity contribution in [1.29, 1.82) is 0 Å². The van der Waals surface area contributed by atoms with Gasteiger partial charge in [0, 0.05) is 17.3 Å². The van der Waals surface area contributed by atoms with Gasteiger partial charge in [-0.05, 0) is 24.1 Å². The molecule has 0 unspecified atom stereocenters. The largest absolute Gasteiger partial charge is 0.408 e. The summed E-state index contributed by atoms with van der Waals surface area (Å²) < 4.78 is 51.1. The minimum Gasteiger partial charge on any atom is -0.392 e. The van der Waals surface area contributed by atoms with Gasteiger partial charge in [-0.3, -0.25) is 4.68 Å². The molecule has 1 aromatic heterocycles. The smallest absolute Gasteiger partial charge is 0.392 e. The van der Waals surface area contributed by atoms with Crippen LogP contribution in [0.1, 0.15) is 11.1 Å². The van der Waals surface area contributed by atoms with E-state index >= 15 is 0 Å². The molecule has 0 aliphatic rings. The minimum absolute atomic E-state index is 0.147. The molecule has 0 bridgehead atoms. The lowest BCUT2D eigenvalue weighted by molar-refractivity contribution is -0.142. The first kappa shape index (κ1) is 14.5. The summed E-state index contributed by atoms with van der Waals surface area (Å²) in [6.45, 7) is 0.0680. The number of halogens is 4. The molecule has 0 fully saturated rings. The maximum Gasteiger partial charge on any atom is 0.408 e. The Labute approximate surface area is 112 Å². The van der Waals surface area contributed by atoms with Crippen LogP contribution in [-0.2, 0) is 13.2 Å². The second-order valence-corrected chi connectivity index (χ2v) is 4.46. The number of nitrogens with zero attached hydrogens (tertiary/aromatic N) is 2. The Hall–Kier alpha value is -1.89. The number of benzene rings is 1. The Kier molecular flexibility index (Phi) is 3.80. The van der Waals surface area contributed by atoms with E-state index in [4.69, 9.17) is 5.11 Å². The fraction of sp³-hybridized carbons (Fsp3) is 0.308. The highest BCUT2D eigenvalue weighted by molar-refractivity contribution is 5.66. The number of aromatic nitrogens is 2. The van der Waals surface area contributed by atoms with Crippen LogP contribution < -0.4 is 0 Å². The molecule has 0 saturated heterocycles. The zero-order chi connectivity index (χ0) is 14.9. The Balaban J connectivity index is 2.35. The zero-order valence-corrected chi connectivity index (χ0v) is 10.6. The lowest BCUT2D eigenvalue weighted by Gasteiger charge is -2.07. The number of rotatable bonds is 3. The maximum absolute atomic E-state index is 13.6. The van der Waals surface area contributed by atoms with E-state index in [1.165, 1.54) is 24.5 Å². The molecule has 0 radical (unpaired) electrons. The van der Waals surface area contributed by atoms with E-state index < -0.39 is 25.1 Å². The van der Waals surface area contributed by atoms with Gasteiger partial charge in [0.1, 0.15) is 12.4 Å². The SMILES string of the molecule is Cc1cc(CO)c(F)cc1-c1cnn(CC(F)(F)F)c1. The zero-order valence-electron chi connectivity index (χ0n) is 10.6. The van der Waals surface area contributed by atoms with Crippen molar-refractivity contribution in [3.63, 3.8) is 0 Å². The lowest BCUT2D eigenvalue weighted by atomic mass is 10.0. The fourth-order valence-corrected chi connectivity index (χ4v) is 1.95. The van der Waals surface area contributed by atoms with E-state index in [0.29, 0.717) is 16.7 Å². The van der Waals surface area contributed by atoms with Crippen LogP contribution in [0, 0.1) is 12.7 Å². The molecular formula is C13H12F4N2O. The molecule has 0 amide bonds. The number of hydrogen-bond donors (Lipinski definition) is 1. The topological polar surface area (TPSA) is 38.1 Å². The molecular weight excluding hydrogens is 276 g/mol. The number of aryl methyl sites for hydroxylation is 1. The number of aliphatic hydroxyl groups excluding tert-OH is 1. The van der Waals surface area contributed by atoms with E-state index in [1.54, 1.807) is 6.92 Å². The molecule has 1 heterocycles. The molecule has 108 valence electrons. The molecule has 7 heteroatoms. The van der Waals surface area contributed by atoms with Gasteiger partial charge in [0.25, 0.3) is 0 Å². The van der Waals surface area contributed by atoms with Crippen molar-refractivity contribution < 1.29 is 22.7 Å². The third kappa shape index (κ3) is 3.16. The van der Waals surface area contributed by atoms with Crippen molar-refractivity contribution in [2.45, 2.75) is 26.3 Å². The van der Waals surface area contributed by atoms with Crippen LogP contribution in [-0.4, -0.2) is 21.1 Å². The van der Waals surface area contributed by atoms with Crippen molar-refractivity contribution in [2.75, 3.05) is 0 Å². The van der Waals surface area contributed by atoms with Gasteiger partial charge in [0.05, 0.1) is 12.8 Å². The molecule has 20 heavy (non-hydrogen) atoms. The van der Waals surface area contributed by atoms with Crippen molar-refractivity contribution in [1.82, 2.24) is 9.78 Å². The van der Waals surface area contributed by atoms with Crippen molar-refractivity contribution in [2.24, 2.45) is 0 Å². The van der Waals surface area contributed by atoms with Gasteiger partial charge in [-0.2, -0.15) is 18.3 Å². The summed E-state index contributed by atoms with van der Waals surface area (Å²) in [7, 11) is 0. The molecule has 1 N–H and O–H groups in total. The summed E-state index contributed by atoms with van der Waals surface area (Å²) in [5.41, 5.74) is 1.65. The first-order valence-electron chi connectivity index (χ1n) is 5.79. The highest BCUT2D eigenvalue weighted by atomic mass is 19.4. The summed E-state index contributed by atoms with van der Waals surface area (Å²) in [5, 5.41) is 12.6. The highest BCUT2D eigenvalue weighted by Gasteiger charge is 2.28. The first-order chi connectivity index (χ1) is 9.30. The van der Waals surface area contributed by atoms with Gasteiger partial charge in [-0.15, -0.1) is 0 Å². The quantitative estimate of drug-likeness (QED) is 0.881. The lowest BCUT2D eigenvalue weighted by Crippen LogP contribution is -2.17. The van der Waals surface area contributed by atoms with Gasteiger partial charge >= 0.3 is 6.18 Å². The Bertz CT molecular complexity index is 619. The number of hydrogen-bond acceptors (Lipinski definition) is 2. The molecule has 1 aromatic carbocycles. The van der Waals surface area contributed by atoms with Crippen LogP contribution in [0.25, 0.3) is 11.1 Å². The van der Waals surface area contributed by atoms with Crippen LogP contribution in [0.2, 0.25) is 0 Å². The number of alkyl halides is 3. The van der Waals surface area contributed by atoms with Crippen LogP contribution in [0.4, 0.5) is 17.6 Å². The van der Waals surface area contributed by atoms with Crippen LogP contribution in [0.3, 0.4) is 0 Å². The minimum atomic E-state index is -4.36. The standard InChI is InChI=1S/C13H12F4N2O/c1-8-2-9(6-20)12(14)3-11(8)10-4-18-19(5-10)7-13(15,16)17/h2-5,20H,6-7H2,1H3. The van der Waals surface area contributed by atoms with Crippen LogP contribution >= 0.6 is 0 Å². The first-order valence-corrected chi connectivity index (χ1v) is 5.79. The highest BCUT2D eigenvalue weighted by Crippen LogP contribution is 2.27. The third-order valence-electron chi connectivity index (χ3n) is 2.85. The summed E-state index contributed by atoms with van der Waals surface area (Å²) in [4.78, 5) is 0. The van der Waals surface area contributed by atoms with E-state index in [1.807, 2.05) is 0 Å². The van der Waals surface area contributed by atoms with Crippen LogP contribution in [0.15, 0.2) is 24.5 Å². The van der Waals surface area contributed by atoms with Gasteiger partial charge in [-0.1, -0.05) is 6.07 Å². The van der Waals surface area contributed by atoms with E-state index in [9.17, 15) is 17.6 Å². The summed E-state index contributed by atoms with van der Waals surface area (Å²) >= 11 is 0. The average molecular weight is 288 g/mol. The Morgan fingerprint density at radius 1 is 1.30 bits per heavy atom. The molecule has 0 aliphatic heterocycles. The molecule has 0 aliphatic carbocycles. The average Bonchev–Trinajstić information content (AvgIpc) is 2.77.